The number of hydrogen-bond donors (Lipinski definition) is 1. The summed E-state index contributed by atoms with van der Waals surface area (Å²) in [5.74, 6) is -0.187. The standard InChI is InChI=1S/C5H10ClNO3/c1-3(2)4(8)5(6)7(9)10/h3-5,8H,1-2H3. The summed E-state index contributed by atoms with van der Waals surface area (Å²) in [6.07, 6.45) is -1.07. The van der Waals surface area contributed by atoms with Gasteiger partial charge in [0.05, 0.1) is 0 Å². The van der Waals surface area contributed by atoms with Crippen molar-refractivity contribution in [2.24, 2.45) is 5.92 Å². The van der Waals surface area contributed by atoms with E-state index in [1.807, 2.05) is 0 Å². The van der Waals surface area contributed by atoms with E-state index in [4.69, 9.17) is 16.7 Å². The first-order valence-corrected chi connectivity index (χ1v) is 3.36. The Labute approximate surface area is 63.9 Å². The second-order valence-electron chi connectivity index (χ2n) is 2.39. The van der Waals surface area contributed by atoms with Crippen molar-refractivity contribution in [3.05, 3.63) is 10.1 Å². The van der Waals surface area contributed by atoms with E-state index in [9.17, 15) is 10.1 Å². The van der Waals surface area contributed by atoms with Crippen molar-refractivity contribution in [3.8, 4) is 0 Å². The average molecular weight is 168 g/mol. The number of aliphatic hydroxyl groups excluding tert-OH is 1. The molecule has 2 atom stereocenters. The lowest BCUT2D eigenvalue weighted by Crippen LogP contribution is -2.32. The Morgan fingerprint density at radius 2 is 2.00 bits per heavy atom. The van der Waals surface area contributed by atoms with Crippen molar-refractivity contribution >= 4 is 11.6 Å². The van der Waals surface area contributed by atoms with Crippen molar-refractivity contribution < 1.29 is 10.0 Å². The Morgan fingerprint density at radius 3 is 2.10 bits per heavy atom. The molecule has 0 saturated heterocycles. The minimum absolute atomic E-state index is 0.187. The van der Waals surface area contributed by atoms with Crippen LogP contribution in [0.4, 0.5) is 0 Å². The molecule has 0 aliphatic carbocycles. The van der Waals surface area contributed by atoms with E-state index >= 15 is 0 Å². The largest absolute Gasteiger partial charge is 0.384 e. The zero-order valence-corrected chi connectivity index (χ0v) is 6.58. The molecule has 0 aliphatic heterocycles. The van der Waals surface area contributed by atoms with Gasteiger partial charge in [-0.2, -0.15) is 0 Å². The topological polar surface area (TPSA) is 63.4 Å². The molecule has 0 fully saturated rings. The van der Waals surface area contributed by atoms with Crippen LogP contribution in [-0.2, 0) is 0 Å². The molecule has 0 aromatic heterocycles. The van der Waals surface area contributed by atoms with Gasteiger partial charge in [-0.25, -0.2) is 0 Å². The summed E-state index contributed by atoms with van der Waals surface area (Å²) in [6.45, 7) is 3.34. The van der Waals surface area contributed by atoms with Gasteiger partial charge in [0.25, 0.3) is 0 Å². The molecule has 0 aliphatic rings. The Morgan fingerprint density at radius 1 is 1.60 bits per heavy atom. The van der Waals surface area contributed by atoms with Crippen molar-refractivity contribution in [3.63, 3.8) is 0 Å². The van der Waals surface area contributed by atoms with Crippen LogP contribution in [0.3, 0.4) is 0 Å². The van der Waals surface area contributed by atoms with Gasteiger partial charge >= 0.3 is 5.50 Å². The molecular weight excluding hydrogens is 158 g/mol. The average Bonchev–Trinajstić information content (AvgIpc) is 1.84. The molecule has 10 heavy (non-hydrogen) atoms. The van der Waals surface area contributed by atoms with Crippen molar-refractivity contribution in [2.75, 3.05) is 0 Å². The molecule has 5 heteroatoms. The summed E-state index contributed by atoms with van der Waals surface area (Å²) < 4.78 is 0. The molecule has 4 nitrogen and oxygen atoms in total. The van der Waals surface area contributed by atoms with Crippen LogP contribution in [-0.4, -0.2) is 21.6 Å². The molecule has 0 aromatic carbocycles. The molecule has 60 valence electrons. The summed E-state index contributed by atoms with van der Waals surface area (Å²) in [7, 11) is 0. The molecule has 0 saturated carbocycles. The third-order valence-corrected chi connectivity index (χ3v) is 1.58. The summed E-state index contributed by atoms with van der Waals surface area (Å²) in [5, 5.41) is 19.0. The van der Waals surface area contributed by atoms with E-state index in [0.717, 1.165) is 0 Å². The molecule has 0 heterocycles. The van der Waals surface area contributed by atoms with E-state index in [2.05, 4.69) is 0 Å². The minimum Gasteiger partial charge on any atom is -0.384 e. The summed E-state index contributed by atoms with van der Waals surface area (Å²) in [4.78, 5) is 9.26. The first kappa shape index (κ1) is 9.65. The third-order valence-electron chi connectivity index (χ3n) is 1.17. The van der Waals surface area contributed by atoms with E-state index in [-0.39, 0.29) is 5.92 Å². The Hall–Kier alpha value is -0.350. The van der Waals surface area contributed by atoms with Crippen LogP contribution in [0.5, 0.6) is 0 Å². The number of nitrogens with zero attached hydrogens (tertiary/aromatic N) is 1. The molecule has 0 radical (unpaired) electrons. The summed E-state index contributed by atoms with van der Waals surface area (Å²) in [5.41, 5.74) is -1.39. The lowest BCUT2D eigenvalue weighted by atomic mass is 10.1. The van der Waals surface area contributed by atoms with Gasteiger partial charge < -0.3 is 5.11 Å². The van der Waals surface area contributed by atoms with Crippen molar-refractivity contribution in [1.82, 2.24) is 0 Å². The van der Waals surface area contributed by atoms with Crippen LogP contribution in [0, 0.1) is 16.0 Å². The van der Waals surface area contributed by atoms with Crippen molar-refractivity contribution in [2.45, 2.75) is 25.5 Å². The Bertz CT molecular complexity index is 128. The molecule has 2 unspecified atom stereocenters. The number of hydrogen-bond acceptors (Lipinski definition) is 3. The van der Waals surface area contributed by atoms with E-state index in [1.165, 1.54) is 0 Å². The quantitative estimate of drug-likeness (QED) is 0.293. The Balaban J connectivity index is 3.94. The highest BCUT2D eigenvalue weighted by atomic mass is 35.5. The first-order chi connectivity index (χ1) is 4.46. The first-order valence-electron chi connectivity index (χ1n) is 2.92. The zero-order valence-electron chi connectivity index (χ0n) is 5.82. The predicted octanol–water partition coefficient (Wildman–Crippen LogP) is 0.845. The van der Waals surface area contributed by atoms with Gasteiger partial charge in [0, 0.05) is 4.92 Å². The van der Waals surface area contributed by atoms with E-state index < -0.39 is 16.5 Å². The highest BCUT2D eigenvalue weighted by Gasteiger charge is 2.29. The molecule has 0 amide bonds. The summed E-state index contributed by atoms with van der Waals surface area (Å²) in [6, 6.07) is 0. The maximum atomic E-state index is 9.96. The van der Waals surface area contributed by atoms with E-state index in [0.29, 0.717) is 0 Å². The second kappa shape index (κ2) is 3.73. The number of halogens is 1. The maximum Gasteiger partial charge on any atom is 0.311 e. The lowest BCUT2D eigenvalue weighted by Gasteiger charge is -2.12. The van der Waals surface area contributed by atoms with Gasteiger partial charge in [-0.05, 0) is 17.5 Å². The molecule has 0 rings (SSSR count). The number of rotatable bonds is 3. The predicted molar refractivity (Wildman–Crippen MR) is 37.5 cm³/mol. The number of nitro groups is 1. The fraction of sp³-hybridized carbons (Fsp3) is 1.00. The molecule has 0 spiro atoms. The van der Waals surface area contributed by atoms with Gasteiger partial charge in [0.1, 0.15) is 6.10 Å². The highest BCUT2D eigenvalue weighted by Crippen LogP contribution is 2.11. The van der Waals surface area contributed by atoms with Gasteiger partial charge in [0.2, 0.25) is 0 Å². The number of alkyl halides is 1. The lowest BCUT2D eigenvalue weighted by molar-refractivity contribution is -0.511. The SMILES string of the molecule is CC(C)C(O)C(Cl)[N+](=O)[O-]. The van der Waals surface area contributed by atoms with Crippen LogP contribution in [0.1, 0.15) is 13.8 Å². The summed E-state index contributed by atoms with van der Waals surface area (Å²) >= 11 is 5.21. The molecule has 0 aromatic rings. The van der Waals surface area contributed by atoms with Crippen LogP contribution in [0.15, 0.2) is 0 Å². The monoisotopic (exact) mass is 167 g/mol. The van der Waals surface area contributed by atoms with E-state index in [1.54, 1.807) is 13.8 Å². The second-order valence-corrected chi connectivity index (χ2v) is 2.84. The van der Waals surface area contributed by atoms with Crippen LogP contribution >= 0.6 is 11.6 Å². The Kier molecular flexibility index (Phi) is 3.60. The molecular formula is C5H10ClNO3. The third kappa shape index (κ3) is 2.49. The maximum absolute atomic E-state index is 9.96. The highest BCUT2D eigenvalue weighted by molar-refractivity contribution is 6.19. The normalized spacial score (nSPS) is 16.9. The molecule has 1 N–H and O–H groups in total. The van der Waals surface area contributed by atoms with Gasteiger partial charge in [-0.15, -0.1) is 0 Å². The fourth-order valence-electron chi connectivity index (χ4n) is 0.442. The van der Waals surface area contributed by atoms with Crippen LogP contribution in [0.2, 0.25) is 0 Å². The fourth-order valence-corrected chi connectivity index (χ4v) is 0.733. The van der Waals surface area contributed by atoms with Gasteiger partial charge in [-0.3, -0.25) is 10.1 Å². The smallest absolute Gasteiger partial charge is 0.311 e. The number of aliphatic hydroxyl groups is 1. The van der Waals surface area contributed by atoms with Crippen LogP contribution in [0.25, 0.3) is 0 Å². The van der Waals surface area contributed by atoms with Gasteiger partial charge in [0.15, 0.2) is 0 Å². The minimum atomic E-state index is -1.39. The van der Waals surface area contributed by atoms with Crippen molar-refractivity contribution in [1.29, 1.82) is 0 Å². The van der Waals surface area contributed by atoms with Crippen LogP contribution < -0.4 is 0 Å². The van der Waals surface area contributed by atoms with Gasteiger partial charge in [-0.1, -0.05) is 13.8 Å². The molecule has 0 bridgehead atoms. The zero-order chi connectivity index (χ0) is 8.31.